The average molecular weight is 505 g/mol. The Balaban J connectivity index is 1.92. The maximum atomic E-state index is 13.8. The number of amides is 2. The van der Waals surface area contributed by atoms with Crippen LogP contribution in [0.3, 0.4) is 0 Å². The molecule has 7 heteroatoms. The summed E-state index contributed by atoms with van der Waals surface area (Å²) in [4.78, 5) is 29.0. The van der Waals surface area contributed by atoms with Crippen molar-refractivity contribution < 1.29 is 23.8 Å². The molecule has 0 aliphatic heterocycles. The van der Waals surface area contributed by atoms with E-state index in [1.54, 1.807) is 38.4 Å². The first-order valence-electron chi connectivity index (χ1n) is 12.4. The van der Waals surface area contributed by atoms with Crippen LogP contribution in [0.25, 0.3) is 0 Å². The van der Waals surface area contributed by atoms with E-state index >= 15 is 0 Å². The first-order valence-corrected chi connectivity index (χ1v) is 12.4. The van der Waals surface area contributed by atoms with Gasteiger partial charge in [-0.1, -0.05) is 66.7 Å². The van der Waals surface area contributed by atoms with Crippen molar-refractivity contribution in [3.63, 3.8) is 0 Å². The van der Waals surface area contributed by atoms with Crippen molar-refractivity contribution in [1.82, 2.24) is 10.2 Å². The van der Waals surface area contributed by atoms with Crippen LogP contribution in [0.1, 0.15) is 23.1 Å². The Morgan fingerprint density at radius 2 is 1.46 bits per heavy atom. The number of hydrogen-bond donors (Lipinski definition) is 1. The zero-order valence-corrected chi connectivity index (χ0v) is 21.8. The normalized spacial score (nSPS) is 11.4. The minimum atomic E-state index is -0.683. The molecule has 7 nitrogen and oxygen atoms in total. The first kappa shape index (κ1) is 27.7. The molecule has 0 aliphatic rings. The molecule has 0 aromatic heterocycles. The molecule has 2 amide bonds. The molecule has 0 spiro atoms. The van der Waals surface area contributed by atoms with Gasteiger partial charge in [0.2, 0.25) is 11.8 Å². The monoisotopic (exact) mass is 504 g/mol. The Bertz CT molecular complexity index is 1120. The molecule has 3 aromatic rings. The molecular formula is C30H36N2O5. The number of methoxy groups -OCH3 is 3. The molecule has 1 atom stereocenters. The highest BCUT2D eigenvalue weighted by molar-refractivity contribution is 5.88. The van der Waals surface area contributed by atoms with E-state index in [9.17, 15) is 9.59 Å². The fraction of sp³-hybridized carbons (Fsp3) is 0.333. The minimum absolute atomic E-state index is 0.120. The number of benzene rings is 3. The van der Waals surface area contributed by atoms with E-state index < -0.39 is 6.04 Å². The summed E-state index contributed by atoms with van der Waals surface area (Å²) >= 11 is 0. The van der Waals surface area contributed by atoms with Gasteiger partial charge in [0.1, 0.15) is 6.04 Å². The SMILES string of the molecule is COCCCNC(=O)[C@H](Cc1ccccc1)N(Cc1ccccc1)C(=O)Cc1ccc(OC)c(OC)c1. The van der Waals surface area contributed by atoms with Gasteiger partial charge in [-0.25, -0.2) is 0 Å². The molecule has 0 aliphatic carbocycles. The van der Waals surface area contributed by atoms with Gasteiger partial charge in [-0.3, -0.25) is 9.59 Å². The van der Waals surface area contributed by atoms with E-state index in [-0.39, 0.29) is 18.2 Å². The van der Waals surface area contributed by atoms with Gasteiger partial charge in [0.15, 0.2) is 11.5 Å². The fourth-order valence-corrected chi connectivity index (χ4v) is 4.15. The average Bonchev–Trinajstić information content (AvgIpc) is 2.93. The molecule has 0 unspecified atom stereocenters. The Morgan fingerprint density at radius 3 is 2.08 bits per heavy atom. The van der Waals surface area contributed by atoms with Crippen LogP contribution in [0.2, 0.25) is 0 Å². The van der Waals surface area contributed by atoms with Gasteiger partial charge in [0.05, 0.1) is 20.6 Å². The zero-order chi connectivity index (χ0) is 26.5. The summed E-state index contributed by atoms with van der Waals surface area (Å²) in [7, 11) is 4.77. The van der Waals surface area contributed by atoms with E-state index in [0.29, 0.717) is 44.0 Å². The predicted octanol–water partition coefficient (Wildman–Crippen LogP) is 4.04. The maximum Gasteiger partial charge on any atom is 0.243 e. The third kappa shape index (κ3) is 8.36. The van der Waals surface area contributed by atoms with Gasteiger partial charge >= 0.3 is 0 Å². The number of nitrogens with one attached hydrogen (secondary N) is 1. The Labute approximate surface area is 219 Å². The molecule has 1 N–H and O–H groups in total. The number of hydrogen-bond acceptors (Lipinski definition) is 5. The maximum absolute atomic E-state index is 13.8. The van der Waals surface area contributed by atoms with Gasteiger partial charge < -0.3 is 24.4 Å². The van der Waals surface area contributed by atoms with E-state index in [0.717, 1.165) is 16.7 Å². The van der Waals surface area contributed by atoms with Crippen LogP contribution in [0.5, 0.6) is 11.5 Å². The van der Waals surface area contributed by atoms with Crippen LogP contribution in [0.15, 0.2) is 78.9 Å². The first-order chi connectivity index (χ1) is 18.0. The second-order valence-electron chi connectivity index (χ2n) is 8.72. The fourth-order valence-electron chi connectivity index (χ4n) is 4.15. The van der Waals surface area contributed by atoms with Crippen LogP contribution >= 0.6 is 0 Å². The third-order valence-electron chi connectivity index (χ3n) is 6.09. The number of carbonyl (C=O) groups excluding carboxylic acids is 2. The summed E-state index contributed by atoms with van der Waals surface area (Å²) in [5.74, 6) is 0.817. The van der Waals surface area contributed by atoms with Crippen molar-refractivity contribution in [2.45, 2.75) is 31.8 Å². The van der Waals surface area contributed by atoms with Crippen LogP contribution < -0.4 is 14.8 Å². The van der Waals surface area contributed by atoms with Crippen molar-refractivity contribution in [2.24, 2.45) is 0 Å². The minimum Gasteiger partial charge on any atom is -0.493 e. The zero-order valence-electron chi connectivity index (χ0n) is 21.8. The summed E-state index contributed by atoms with van der Waals surface area (Å²) in [6.07, 6.45) is 1.22. The summed E-state index contributed by atoms with van der Waals surface area (Å²) in [6.45, 7) is 1.34. The van der Waals surface area contributed by atoms with E-state index in [4.69, 9.17) is 14.2 Å². The third-order valence-corrected chi connectivity index (χ3v) is 6.09. The Kier molecular flexibility index (Phi) is 11.0. The summed E-state index contributed by atoms with van der Waals surface area (Å²) in [6, 6.07) is 24.3. The molecule has 0 heterocycles. The van der Waals surface area contributed by atoms with E-state index in [2.05, 4.69) is 5.32 Å². The molecule has 0 radical (unpaired) electrons. The van der Waals surface area contributed by atoms with Gasteiger partial charge in [0, 0.05) is 33.2 Å². The topological polar surface area (TPSA) is 77.1 Å². The van der Waals surface area contributed by atoms with Gasteiger partial charge in [0.25, 0.3) is 0 Å². The molecule has 0 fully saturated rings. The molecule has 3 rings (SSSR count). The van der Waals surface area contributed by atoms with Crippen molar-refractivity contribution >= 4 is 11.8 Å². The van der Waals surface area contributed by atoms with Crippen molar-refractivity contribution in [1.29, 1.82) is 0 Å². The molecule has 37 heavy (non-hydrogen) atoms. The van der Waals surface area contributed by atoms with E-state index in [1.807, 2.05) is 66.7 Å². The highest BCUT2D eigenvalue weighted by Gasteiger charge is 2.30. The van der Waals surface area contributed by atoms with Crippen molar-refractivity contribution in [2.75, 3.05) is 34.5 Å². The second-order valence-corrected chi connectivity index (χ2v) is 8.72. The van der Waals surface area contributed by atoms with Crippen LogP contribution in [0, 0.1) is 0 Å². The number of rotatable bonds is 14. The van der Waals surface area contributed by atoms with Crippen molar-refractivity contribution in [3.8, 4) is 11.5 Å². The summed E-state index contributed by atoms with van der Waals surface area (Å²) < 4.78 is 15.9. The summed E-state index contributed by atoms with van der Waals surface area (Å²) in [5.41, 5.74) is 2.71. The van der Waals surface area contributed by atoms with Crippen molar-refractivity contribution in [3.05, 3.63) is 95.6 Å². The van der Waals surface area contributed by atoms with E-state index in [1.165, 1.54) is 0 Å². The Hall–Kier alpha value is -3.84. The van der Waals surface area contributed by atoms with Gasteiger partial charge in [-0.05, 0) is 35.2 Å². The van der Waals surface area contributed by atoms with Crippen LogP contribution in [0.4, 0.5) is 0 Å². The number of ether oxygens (including phenoxy) is 3. The van der Waals surface area contributed by atoms with Gasteiger partial charge in [-0.15, -0.1) is 0 Å². The van der Waals surface area contributed by atoms with Gasteiger partial charge in [-0.2, -0.15) is 0 Å². The van der Waals surface area contributed by atoms with Crippen LogP contribution in [-0.2, 0) is 33.7 Å². The molecule has 0 saturated heterocycles. The smallest absolute Gasteiger partial charge is 0.243 e. The number of nitrogens with zero attached hydrogens (tertiary/aromatic N) is 1. The lowest BCUT2D eigenvalue weighted by atomic mass is 10.0. The number of carbonyl (C=O) groups is 2. The highest BCUT2D eigenvalue weighted by Crippen LogP contribution is 2.28. The lowest BCUT2D eigenvalue weighted by Gasteiger charge is -2.32. The molecule has 196 valence electrons. The predicted molar refractivity (Wildman–Crippen MR) is 144 cm³/mol. The standard InChI is InChI=1S/C30H36N2O5/c1-35-18-10-17-31-30(34)26(19-23-11-6-4-7-12-23)32(22-24-13-8-5-9-14-24)29(33)21-25-15-16-27(36-2)28(20-25)37-3/h4-9,11-16,20,26H,10,17-19,21-22H2,1-3H3,(H,31,34)/t26-/m0/s1. The second kappa shape index (κ2) is 14.7. The highest BCUT2D eigenvalue weighted by atomic mass is 16.5. The molecular weight excluding hydrogens is 468 g/mol. The molecule has 3 aromatic carbocycles. The largest absolute Gasteiger partial charge is 0.493 e. The quantitative estimate of drug-likeness (QED) is 0.336. The summed E-state index contributed by atoms with van der Waals surface area (Å²) in [5, 5.41) is 3.01. The Morgan fingerprint density at radius 1 is 0.811 bits per heavy atom. The lowest BCUT2D eigenvalue weighted by molar-refractivity contribution is -0.140. The van der Waals surface area contributed by atoms with Crippen LogP contribution in [-0.4, -0.2) is 57.2 Å². The lowest BCUT2D eigenvalue weighted by Crippen LogP contribution is -2.51. The molecule has 0 saturated carbocycles. The molecule has 0 bridgehead atoms.